The summed E-state index contributed by atoms with van der Waals surface area (Å²) in [4.78, 5) is 11.0. The zero-order valence-corrected chi connectivity index (χ0v) is 17.7. The Hall–Kier alpha value is -2.64. The number of nitrogens with one attached hydrogen (secondary N) is 2. The zero-order valence-electron chi connectivity index (χ0n) is 17.7. The Kier molecular flexibility index (Phi) is 7.06. The van der Waals surface area contributed by atoms with Gasteiger partial charge in [-0.05, 0) is 43.5 Å². The molecule has 0 bridgehead atoms. The molecule has 3 rings (SSSR count). The van der Waals surface area contributed by atoms with Gasteiger partial charge in [-0.2, -0.15) is 4.98 Å². The van der Waals surface area contributed by atoms with Gasteiger partial charge >= 0.3 is 0 Å². The molecule has 1 aliphatic heterocycles. The first-order valence-electron chi connectivity index (χ1n) is 10.3. The molecule has 29 heavy (non-hydrogen) atoms. The first-order chi connectivity index (χ1) is 14.0. The standard InChI is InChI=1S/C21H31FN6O/c1-14(2)20-26-19(29-27-20)9-10-24-21(23-4)25-17-6-5-11-28(13-17)18-8-7-16(22)12-15(18)3/h7-8,12,14,17H,5-6,9-11,13H2,1-4H3,(H2,23,24,25). The second-order valence-electron chi connectivity index (χ2n) is 7.81. The maximum atomic E-state index is 13.4. The molecule has 1 unspecified atom stereocenters. The van der Waals surface area contributed by atoms with Crippen LogP contribution in [0.3, 0.4) is 0 Å². The number of hydrogen-bond donors (Lipinski definition) is 2. The molecule has 2 heterocycles. The number of hydrogen-bond acceptors (Lipinski definition) is 5. The topological polar surface area (TPSA) is 78.6 Å². The number of anilines is 1. The maximum absolute atomic E-state index is 13.4. The Morgan fingerprint density at radius 2 is 2.24 bits per heavy atom. The SMILES string of the molecule is CN=C(NCCc1nc(C(C)C)no1)NC1CCCN(c2ccc(F)cc2C)C1. The third kappa shape index (κ3) is 5.68. The number of rotatable bonds is 6. The van der Waals surface area contributed by atoms with E-state index in [0.717, 1.165) is 49.0 Å². The average molecular weight is 403 g/mol. The van der Waals surface area contributed by atoms with Crippen molar-refractivity contribution in [1.29, 1.82) is 0 Å². The summed E-state index contributed by atoms with van der Waals surface area (Å²) < 4.78 is 18.7. The summed E-state index contributed by atoms with van der Waals surface area (Å²) in [6, 6.07) is 5.27. The Morgan fingerprint density at radius 3 is 2.93 bits per heavy atom. The number of piperidine rings is 1. The second-order valence-corrected chi connectivity index (χ2v) is 7.81. The van der Waals surface area contributed by atoms with E-state index in [4.69, 9.17) is 4.52 Å². The van der Waals surface area contributed by atoms with E-state index >= 15 is 0 Å². The van der Waals surface area contributed by atoms with Gasteiger partial charge in [-0.25, -0.2) is 4.39 Å². The van der Waals surface area contributed by atoms with Crippen molar-refractivity contribution < 1.29 is 8.91 Å². The van der Waals surface area contributed by atoms with Crippen molar-refractivity contribution in [1.82, 2.24) is 20.8 Å². The van der Waals surface area contributed by atoms with E-state index in [1.807, 2.05) is 26.8 Å². The molecule has 1 saturated heterocycles. The molecule has 8 heteroatoms. The van der Waals surface area contributed by atoms with E-state index in [-0.39, 0.29) is 17.8 Å². The van der Waals surface area contributed by atoms with E-state index in [2.05, 4.69) is 30.7 Å². The van der Waals surface area contributed by atoms with Gasteiger partial charge < -0.3 is 20.1 Å². The highest BCUT2D eigenvalue weighted by molar-refractivity contribution is 5.80. The van der Waals surface area contributed by atoms with E-state index < -0.39 is 0 Å². The van der Waals surface area contributed by atoms with Crippen LogP contribution in [0, 0.1) is 12.7 Å². The van der Waals surface area contributed by atoms with Gasteiger partial charge in [-0.1, -0.05) is 19.0 Å². The first-order valence-corrected chi connectivity index (χ1v) is 10.3. The minimum absolute atomic E-state index is 0.190. The molecular weight excluding hydrogens is 371 g/mol. The summed E-state index contributed by atoms with van der Waals surface area (Å²) in [6.45, 7) is 8.53. The number of aromatic nitrogens is 2. The first kappa shape index (κ1) is 21.1. The smallest absolute Gasteiger partial charge is 0.228 e. The van der Waals surface area contributed by atoms with Crippen molar-refractivity contribution in [3.63, 3.8) is 0 Å². The molecule has 7 nitrogen and oxygen atoms in total. The lowest BCUT2D eigenvalue weighted by Crippen LogP contribution is -2.51. The van der Waals surface area contributed by atoms with Crippen LogP contribution in [0.15, 0.2) is 27.7 Å². The fourth-order valence-electron chi connectivity index (χ4n) is 3.57. The molecule has 1 atom stereocenters. The van der Waals surface area contributed by atoms with Gasteiger partial charge in [0.2, 0.25) is 5.89 Å². The van der Waals surface area contributed by atoms with Crippen LogP contribution in [0.4, 0.5) is 10.1 Å². The largest absolute Gasteiger partial charge is 0.369 e. The van der Waals surface area contributed by atoms with Crippen molar-refractivity contribution in [2.75, 3.05) is 31.6 Å². The minimum Gasteiger partial charge on any atom is -0.369 e. The van der Waals surface area contributed by atoms with Crippen molar-refractivity contribution in [2.24, 2.45) is 4.99 Å². The van der Waals surface area contributed by atoms with Crippen molar-refractivity contribution in [2.45, 2.75) is 52.0 Å². The summed E-state index contributed by atoms with van der Waals surface area (Å²) >= 11 is 0. The normalized spacial score (nSPS) is 17.7. The molecule has 2 N–H and O–H groups in total. The molecule has 0 radical (unpaired) electrons. The lowest BCUT2D eigenvalue weighted by atomic mass is 10.0. The van der Waals surface area contributed by atoms with E-state index in [0.29, 0.717) is 18.9 Å². The van der Waals surface area contributed by atoms with Crippen LogP contribution in [0.1, 0.15) is 49.9 Å². The second kappa shape index (κ2) is 9.71. The van der Waals surface area contributed by atoms with E-state index in [9.17, 15) is 4.39 Å². The number of nitrogens with zero attached hydrogens (tertiary/aromatic N) is 4. The molecule has 1 aliphatic rings. The number of aliphatic imine (C=N–C) groups is 1. The van der Waals surface area contributed by atoms with Crippen LogP contribution in [-0.2, 0) is 6.42 Å². The van der Waals surface area contributed by atoms with Crippen LogP contribution >= 0.6 is 0 Å². The molecule has 0 aliphatic carbocycles. The van der Waals surface area contributed by atoms with Crippen LogP contribution < -0.4 is 15.5 Å². The molecule has 1 aromatic carbocycles. The molecule has 0 amide bonds. The predicted molar refractivity (Wildman–Crippen MR) is 113 cm³/mol. The Morgan fingerprint density at radius 1 is 1.41 bits per heavy atom. The highest BCUT2D eigenvalue weighted by atomic mass is 19.1. The number of halogens is 1. The molecule has 0 saturated carbocycles. The van der Waals surface area contributed by atoms with Crippen molar-refractivity contribution in [3.05, 3.63) is 41.3 Å². The fraction of sp³-hybridized carbons (Fsp3) is 0.571. The van der Waals surface area contributed by atoms with Gasteiger partial charge in [0.15, 0.2) is 11.8 Å². The molecule has 1 aromatic heterocycles. The number of aryl methyl sites for hydroxylation is 1. The summed E-state index contributed by atoms with van der Waals surface area (Å²) in [7, 11) is 1.77. The predicted octanol–water partition coefficient (Wildman–Crippen LogP) is 3.02. The van der Waals surface area contributed by atoms with Gasteiger partial charge in [0, 0.05) is 50.7 Å². The van der Waals surface area contributed by atoms with Crippen molar-refractivity contribution in [3.8, 4) is 0 Å². The third-order valence-corrected chi connectivity index (χ3v) is 5.12. The van der Waals surface area contributed by atoms with Crippen LogP contribution in [0.2, 0.25) is 0 Å². The van der Waals surface area contributed by atoms with Gasteiger partial charge in [0.05, 0.1) is 0 Å². The van der Waals surface area contributed by atoms with Crippen LogP contribution in [-0.4, -0.2) is 48.8 Å². The van der Waals surface area contributed by atoms with E-state index in [1.165, 1.54) is 6.07 Å². The molecular formula is C21H31FN6O. The van der Waals surface area contributed by atoms with Crippen LogP contribution in [0.25, 0.3) is 0 Å². The summed E-state index contributed by atoms with van der Waals surface area (Å²) in [5, 5.41) is 10.8. The maximum Gasteiger partial charge on any atom is 0.228 e. The Balaban J connectivity index is 1.50. The minimum atomic E-state index is -0.190. The Labute approximate surface area is 171 Å². The van der Waals surface area contributed by atoms with Gasteiger partial charge in [-0.15, -0.1) is 0 Å². The zero-order chi connectivity index (χ0) is 20.8. The highest BCUT2D eigenvalue weighted by Crippen LogP contribution is 2.24. The average Bonchev–Trinajstić information content (AvgIpc) is 3.17. The summed E-state index contributed by atoms with van der Waals surface area (Å²) in [5.74, 6) is 2.20. The van der Waals surface area contributed by atoms with E-state index in [1.54, 1.807) is 13.1 Å². The third-order valence-electron chi connectivity index (χ3n) is 5.12. The van der Waals surface area contributed by atoms with Gasteiger partial charge in [-0.3, -0.25) is 4.99 Å². The lowest BCUT2D eigenvalue weighted by molar-refractivity contribution is 0.371. The quantitative estimate of drug-likeness (QED) is 0.571. The van der Waals surface area contributed by atoms with Crippen molar-refractivity contribution >= 4 is 11.6 Å². The van der Waals surface area contributed by atoms with Crippen LogP contribution in [0.5, 0.6) is 0 Å². The fourth-order valence-corrected chi connectivity index (χ4v) is 3.57. The Bertz CT molecular complexity index is 834. The molecule has 1 fully saturated rings. The molecule has 2 aromatic rings. The number of benzene rings is 1. The lowest BCUT2D eigenvalue weighted by Gasteiger charge is -2.36. The summed E-state index contributed by atoms with van der Waals surface area (Å²) in [5.41, 5.74) is 2.06. The number of guanidine groups is 1. The highest BCUT2D eigenvalue weighted by Gasteiger charge is 2.22. The van der Waals surface area contributed by atoms with Gasteiger partial charge in [0.25, 0.3) is 0 Å². The molecule has 158 valence electrons. The molecule has 0 spiro atoms. The monoisotopic (exact) mass is 402 g/mol. The van der Waals surface area contributed by atoms with Gasteiger partial charge in [0.1, 0.15) is 5.82 Å². The summed E-state index contributed by atoms with van der Waals surface area (Å²) in [6.07, 6.45) is 2.79.